The van der Waals surface area contributed by atoms with E-state index in [0.29, 0.717) is 6.04 Å². The van der Waals surface area contributed by atoms with Crippen LogP contribution in [-0.2, 0) is 0 Å². The zero-order valence-electron chi connectivity index (χ0n) is 11.9. The van der Waals surface area contributed by atoms with Crippen molar-refractivity contribution in [3.8, 4) is 0 Å². The summed E-state index contributed by atoms with van der Waals surface area (Å²) in [7, 11) is 2.19. The second-order valence-corrected chi connectivity index (χ2v) is 6.50. The number of likely N-dealkylation sites (N-methyl/N-ethyl adjacent to an activating group) is 1. The van der Waals surface area contributed by atoms with Crippen LogP contribution in [0.1, 0.15) is 50.6 Å². The molecule has 2 N–H and O–H groups in total. The third kappa shape index (κ3) is 3.09. The minimum atomic E-state index is 0.142. The van der Waals surface area contributed by atoms with Crippen LogP contribution in [0.4, 0.5) is 0 Å². The molecule has 98 valence electrons. The Morgan fingerprint density at radius 2 is 2.06 bits per heavy atom. The molecule has 0 aliphatic carbocycles. The maximum Gasteiger partial charge on any atom is 0.0595 e. The van der Waals surface area contributed by atoms with Gasteiger partial charge in [-0.15, -0.1) is 11.3 Å². The fraction of sp³-hybridized carbons (Fsp3) is 0.714. The van der Waals surface area contributed by atoms with Gasteiger partial charge in [-0.3, -0.25) is 4.90 Å². The van der Waals surface area contributed by atoms with E-state index in [2.05, 4.69) is 58.0 Å². The van der Waals surface area contributed by atoms with Gasteiger partial charge in [0.2, 0.25) is 0 Å². The van der Waals surface area contributed by atoms with Gasteiger partial charge < -0.3 is 5.73 Å². The lowest BCUT2D eigenvalue weighted by Crippen LogP contribution is -2.48. The third-order valence-electron chi connectivity index (χ3n) is 3.91. The van der Waals surface area contributed by atoms with E-state index in [1.165, 1.54) is 10.4 Å². The first-order chi connectivity index (χ1) is 7.81. The number of nitrogens with two attached hydrogens (primary N) is 1. The van der Waals surface area contributed by atoms with Gasteiger partial charge in [-0.2, -0.15) is 0 Å². The van der Waals surface area contributed by atoms with Crippen molar-refractivity contribution in [2.45, 2.75) is 58.7 Å². The summed E-state index contributed by atoms with van der Waals surface area (Å²) >= 11 is 1.82. The second kappa shape index (κ2) is 5.51. The molecule has 0 amide bonds. The van der Waals surface area contributed by atoms with Crippen LogP contribution in [0.2, 0.25) is 0 Å². The molecule has 3 heteroatoms. The highest BCUT2D eigenvalue weighted by Crippen LogP contribution is 2.34. The number of aryl methyl sites for hydroxylation is 1. The Hall–Kier alpha value is -0.380. The van der Waals surface area contributed by atoms with E-state index in [-0.39, 0.29) is 11.6 Å². The lowest BCUT2D eigenvalue weighted by molar-refractivity contribution is 0.0863. The molecule has 2 atom stereocenters. The van der Waals surface area contributed by atoms with E-state index < -0.39 is 0 Å². The van der Waals surface area contributed by atoms with Gasteiger partial charge in [0.15, 0.2) is 0 Å². The SMILES string of the molecule is CCC(C)(C)N(C)C(c1sccc1C)C(C)N. The van der Waals surface area contributed by atoms with Gasteiger partial charge in [0.05, 0.1) is 6.04 Å². The molecule has 1 aromatic heterocycles. The van der Waals surface area contributed by atoms with Gasteiger partial charge in [0.1, 0.15) is 0 Å². The van der Waals surface area contributed by atoms with Crippen molar-refractivity contribution in [1.29, 1.82) is 0 Å². The summed E-state index contributed by atoms with van der Waals surface area (Å²) in [5.41, 5.74) is 7.75. The molecule has 17 heavy (non-hydrogen) atoms. The summed E-state index contributed by atoms with van der Waals surface area (Å²) in [5.74, 6) is 0. The van der Waals surface area contributed by atoms with Crippen molar-refractivity contribution in [2.75, 3.05) is 7.05 Å². The van der Waals surface area contributed by atoms with E-state index in [0.717, 1.165) is 6.42 Å². The van der Waals surface area contributed by atoms with Crippen LogP contribution in [0.3, 0.4) is 0 Å². The third-order valence-corrected chi connectivity index (χ3v) is 5.00. The molecule has 0 bridgehead atoms. The summed E-state index contributed by atoms with van der Waals surface area (Å²) in [5, 5.41) is 2.16. The molecule has 0 radical (unpaired) electrons. The molecule has 0 spiro atoms. The molecule has 0 aliphatic heterocycles. The summed E-state index contributed by atoms with van der Waals surface area (Å²) in [6.07, 6.45) is 1.12. The fourth-order valence-corrected chi connectivity index (χ4v) is 3.27. The van der Waals surface area contributed by atoms with Crippen LogP contribution < -0.4 is 5.73 Å². The maximum atomic E-state index is 6.21. The topological polar surface area (TPSA) is 29.3 Å². The van der Waals surface area contributed by atoms with Crippen molar-refractivity contribution in [1.82, 2.24) is 4.90 Å². The van der Waals surface area contributed by atoms with Crippen LogP contribution in [-0.4, -0.2) is 23.5 Å². The van der Waals surface area contributed by atoms with Gasteiger partial charge >= 0.3 is 0 Å². The smallest absolute Gasteiger partial charge is 0.0595 e. The molecule has 0 fully saturated rings. The predicted octanol–water partition coefficient (Wildman–Crippen LogP) is 3.57. The molecule has 0 aromatic carbocycles. The van der Waals surface area contributed by atoms with E-state index in [9.17, 15) is 0 Å². The molecule has 0 saturated carbocycles. The van der Waals surface area contributed by atoms with Gasteiger partial charge in [0.25, 0.3) is 0 Å². The Morgan fingerprint density at radius 3 is 2.41 bits per heavy atom. The summed E-state index contributed by atoms with van der Waals surface area (Å²) < 4.78 is 0. The Balaban J connectivity index is 3.07. The van der Waals surface area contributed by atoms with Crippen molar-refractivity contribution >= 4 is 11.3 Å². The van der Waals surface area contributed by atoms with Crippen LogP contribution in [0, 0.1) is 6.92 Å². The molecule has 1 rings (SSSR count). The Morgan fingerprint density at radius 1 is 1.47 bits per heavy atom. The number of rotatable bonds is 5. The number of hydrogen-bond acceptors (Lipinski definition) is 3. The zero-order valence-corrected chi connectivity index (χ0v) is 12.8. The Labute approximate surface area is 110 Å². The van der Waals surface area contributed by atoms with E-state index in [4.69, 9.17) is 5.73 Å². The first kappa shape index (κ1) is 14.7. The lowest BCUT2D eigenvalue weighted by Gasteiger charge is -2.42. The predicted molar refractivity (Wildman–Crippen MR) is 77.6 cm³/mol. The maximum absolute atomic E-state index is 6.21. The minimum absolute atomic E-state index is 0.142. The molecule has 2 nitrogen and oxygen atoms in total. The highest BCUT2D eigenvalue weighted by Gasteiger charge is 2.32. The minimum Gasteiger partial charge on any atom is -0.326 e. The Kier molecular flexibility index (Phi) is 4.76. The summed E-state index contributed by atoms with van der Waals surface area (Å²) in [6, 6.07) is 2.63. The lowest BCUT2D eigenvalue weighted by atomic mass is 9.94. The molecule has 1 aromatic rings. The zero-order chi connectivity index (χ0) is 13.2. The summed E-state index contributed by atoms with van der Waals surface area (Å²) in [4.78, 5) is 3.83. The quantitative estimate of drug-likeness (QED) is 0.870. The number of thiophene rings is 1. The van der Waals surface area contributed by atoms with Gasteiger partial charge in [-0.1, -0.05) is 6.92 Å². The van der Waals surface area contributed by atoms with Crippen molar-refractivity contribution in [3.63, 3.8) is 0 Å². The molecule has 2 unspecified atom stereocenters. The van der Waals surface area contributed by atoms with E-state index >= 15 is 0 Å². The van der Waals surface area contributed by atoms with Gasteiger partial charge in [-0.05, 0) is 58.2 Å². The van der Waals surface area contributed by atoms with Crippen LogP contribution in [0.15, 0.2) is 11.4 Å². The van der Waals surface area contributed by atoms with Crippen molar-refractivity contribution < 1.29 is 0 Å². The molecule has 1 heterocycles. The number of nitrogens with zero attached hydrogens (tertiary/aromatic N) is 1. The van der Waals surface area contributed by atoms with Crippen LogP contribution in [0.5, 0.6) is 0 Å². The van der Waals surface area contributed by atoms with Crippen LogP contribution >= 0.6 is 11.3 Å². The van der Waals surface area contributed by atoms with Crippen LogP contribution in [0.25, 0.3) is 0 Å². The molecule has 0 aliphatic rings. The highest BCUT2D eigenvalue weighted by molar-refractivity contribution is 7.10. The average molecular weight is 254 g/mol. The second-order valence-electron chi connectivity index (χ2n) is 5.55. The van der Waals surface area contributed by atoms with E-state index in [1.807, 2.05) is 11.3 Å². The van der Waals surface area contributed by atoms with Crippen molar-refractivity contribution in [3.05, 3.63) is 21.9 Å². The number of hydrogen-bond donors (Lipinski definition) is 1. The molecule has 0 saturated heterocycles. The largest absolute Gasteiger partial charge is 0.326 e. The van der Waals surface area contributed by atoms with Crippen molar-refractivity contribution in [2.24, 2.45) is 5.73 Å². The molecular weight excluding hydrogens is 228 g/mol. The first-order valence-electron chi connectivity index (χ1n) is 6.33. The van der Waals surface area contributed by atoms with Gasteiger partial charge in [-0.25, -0.2) is 0 Å². The normalized spacial score (nSPS) is 16.2. The Bertz CT molecular complexity index is 355. The average Bonchev–Trinajstić information content (AvgIpc) is 2.64. The monoisotopic (exact) mass is 254 g/mol. The standard InChI is InChI=1S/C14H26N2S/c1-7-14(4,5)16(6)12(11(3)15)13-10(2)8-9-17-13/h8-9,11-12H,7,15H2,1-6H3. The first-order valence-corrected chi connectivity index (χ1v) is 7.21. The van der Waals surface area contributed by atoms with E-state index in [1.54, 1.807) is 0 Å². The molecular formula is C14H26N2S. The highest BCUT2D eigenvalue weighted by atomic mass is 32.1. The summed E-state index contributed by atoms with van der Waals surface area (Å²) in [6.45, 7) is 11.1. The fourth-order valence-electron chi connectivity index (χ4n) is 2.08. The van der Waals surface area contributed by atoms with Gasteiger partial charge in [0, 0.05) is 16.5 Å².